The van der Waals surface area contributed by atoms with Crippen LogP contribution in [0.5, 0.6) is 0 Å². The Morgan fingerprint density at radius 2 is 1.87 bits per heavy atom. The van der Waals surface area contributed by atoms with E-state index in [4.69, 9.17) is 0 Å². The van der Waals surface area contributed by atoms with E-state index in [0.29, 0.717) is 13.0 Å². The summed E-state index contributed by atoms with van der Waals surface area (Å²) in [5, 5.41) is 0. The molecule has 0 aromatic heterocycles. The van der Waals surface area contributed by atoms with Gasteiger partial charge in [-0.05, 0) is 44.5 Å². The van der Waals surface area contributed by atoms with Crippen LogP contribution in [-0.4, -0.2) is 56.9 Å². The van der Waals surface area contributed by atoms with E-state index in [1.54, 1.807) is 4.90 Å². The van der Waals surface area contributed by atoms with Gasteiger partial charge in [0.2, 0.25) is 5.91 Å². The van der Waals surface area contributed by atoms with Crippen molar-refractivity contribution in [2.24, 2.45) is 5.92 Å². The average molecular weight is 336 g/mol. The molecular weight excluding hydrogens is 312 g/mol. The smallest absolute Gasteiger partial charge is 0.231 e. The van der Waals surface area contributed by atoms with Crippen LogP contribution in [0.2, 0.25) is 0 Å². The van der Waals surface area contributed by atoms with Crippen molar-refractivity contribution >= 4 is 21.4 Å². The number of anilines is 1. The maximum Gasteiger partial charge on any atom is 0.231 e. The fraction of sp³-hybridized carbons (Fsp3) is 0.588. The third-order valence-electron chi connectivity index (χ3n) is 4.75. The first-order valence-corrected chi connectivity index (χ1v) is 10.2. The van der Waals surface area contributed by atoms with E-state index in [9.17, 15) is 13.2 Å². The lowest BCUT2D eigenvalue weighted by atomic mass is 10.1. The Bertz CT molecular complexity index is 639. The second-order valence-corrected chi connectivity index (χ2v) is 8.70. The van der Waals surface area contributed by atoms with Gasteiger partial charge < -0.3 is 9.80 Å². The first-order chi connectivity index (χ1) is 11.1. The number of sulfone groups is 1. The zero-order valence-electron chi connectivity index (χ0n) is 13.4. The van der Waals surface area contributed by atoms with E-state index in [1.807, 2.05) is 30.3 Å². The van der Waals surface area contributed by atoms with Gasteiger partial charge in [0.25, 0.3) is 0 Å². The maximum absolute atomic E-state index is 12.9. The molecular formula is C17H24N2O3S. The van der Waals surface area contributed by atoms with Gasteiger partial charge in [-0.2, -0.15) is 0 Å². The molecule has 3 rings (SSSR count). The first-order valence-electron chi connectivity index (χ1n) is 8.34. The second-order valence-electron chi connectivity index (χ2n) is 6.47. The summed E-state index contributed by atoms with van der Waals surface area (Å²) in [4.78, 5) is 17.0. The van der Waals surface area contributed by atoms with Crippen molar-refractivity contribution in [3.8, 4) is 0 Å². The number of carbonyl (C=O) groups excluding carboxylic acids is 1. The van der Waals surface area contributed by atoms with Gasteiger partial charge >= 0.3 is 0 Å². The number of carbonyl (C=O) groups is 1. The number of benzene rings is 1. The topological polar surface area (TPSA) is 57.7 Å². The molecule has 1 aromatic carbocycles. The van der Waals surface area contributed by atoms with E-state index in [2.05, 4.69) is 4.90 Å². The summed E-state index contributed by atoms with van der Waals surface area (Å²) in [6.07, 6.45) is 2.90. The summed E-state index contributed by atoms with van der Waals surface area (Å²) in [5.41, 5.74) is 0.862. The van der Waals surface area contributed by atoms with Crippen molar-refractivity contribution < 1.29 is 13.2 Å². The van der Waals surface area contributed by atoms with Gasteiger partial charge in [0.15, 0.2) is 9.84 Å². The molecule has 2 aliphatic rings. The van der Waals surface area contributed by atoms with Crippen molar-refractivity contribution in [1.82, 2.24) is 4.90 Å². The third kappa shape index (κ3) is 4.12. The second kappa shape index (κ2) is 7.01. The highest BCUT2D eigenvalue weighted by atomic mass is 32.2. The Hall–Kier alpha value is -1.40. The largest absolute Gasteiger partial charge is 0.311 e. The standard InChI is InChI=1S/C17H24N2O3S/c20-17(15-8-13-23(21,22)14-15)19(16-6-2-1-3-7-16)12-11-18-9-4-5-10-18/h1-3,6-7,15H,4-5,8-14H2. The van der Waals surface area contributed by atoms with Gasteiger partial charge in [0.1, 0.15) is 0 Å². The van der Waals surface area contributed by atoms with Gasteiger partial charge in [-0.25, -0.2) is 8.42 Å². The Kier molecular flexibility index (Phi) is 5.02. The molecule has 2 heterocycles. The molecule has 2 fully saturated rings. The van der Waals surface area contributed by atoms with Gasteiger partial charge in [-0.3, -0.25) is 4.79 Å². The normalized spacial score (nSPS) is 23.9. The highest BCUT2D eigenvalue weighted by Gasteiger charge is 2.35. The number of amides is 1. The van der Waals surface area contributed by atoms with E-state index in [-0.39, 0.29) is 17.4 Å². The predicted molar refractivity (Wildman–Crippen MR) is 91.2 cm³/mol. The van der Waals surface area contributed by atoms with Crippen molar-refractivity contribution in [2.45, 2.75) is 19.3 Å². The highest BCUT2D eigenvalue weighted by molar-refractivity contribution is 7.91. The molecule has 0 bridgehead atoms. The molecule has 2 aliphatic heterocycles. The van der Waals surface area contributed by atoms with Gasteiger partial charge in [0.05, 0.1) is 17.4 Å². The van der Waals surface area contributed by atoms with Crippen LogP contribution in [0.4, 0.5) is 5.69 Å². The number of likely N-dealkylation sites (tertiary alicyclic amines) is 1. The monoisotopic (exact) mass is 336 g/mol. The Morgan fingerprint density at radius 3 is 2.48 bits per heavy atom. The number of hydrogen-bond acceptors (Lipinski definition) is 4. The summed E-state index contributed by atoms with van der Waals surface area (Å²) >= 11 is 0. The van der Waals surface area contributed by atoms with Crippen molar-refractivity contribution in [1.29, 1.82) is 0 Å². The van der Waals surface area contributed by atoms with Crippen LogP contribution in [-0.2, 0) is 14.6 Å². The Labute approximate surface area is 138 Å². The number of para-hydroxylation sites is 1. The lowest BCUT2D eigenvalue weighted by molar-refractivity contribution is -0.121. The van der Waals surface area contributed by atoms with E-state index in [0.717, 1.165) is 25.3 Å². The molecule has 2 saturated heterocycles. The van der Waals surface area contributed by atoms with Gasteiger partial charge in [-0.15, -0.1) is 0 Å². The lowest BCUT2D eigenvalue weighted by Crippen LogP contribution is -2.41. The molecule has 23 heavy (non-hydrogen) atoms. The number of nitrogens with zero attached hydrogens (tertiary/aromatic N) is 2. The maximum atomic E-state index is 12.9. The number of hydrogen-bond donors (Lipinski definition) is 0. The van der Waals surface area contributed by atoms with Crippen LogP contribution < -0.4 is 4.90 Å². The van der Waals surface area contributed by atoms with Gasteiger partial charge in [-0.1, -0.05) is 18.2 Å². The molecule has 0 saturated carbocycles. The van der Waals surface area contributed by atoms with E-state index >= 15 is 0 Å². The minimum atomic E-state index is -3.04. The van der Waals surface area contributed by atoms with Crippen LogP contribution in [0.3, 0.4) is 0 Å². The quantitative estimate of drug-likeness (QED) is 0.819. The molecule has 0 spiro atoms. The fourth-order valence-electron chi connectivity index (χ4n) is 3.43. The molecule has 1 aromatic rings. The predicted octanol–water partition coefficient (Wildman–Crippen LogP) is 1.55. The molecule has 1 unspecified atom stereocenters. The summed E-state index contributed by atoms with van der Waals surface area (Å²) in [6.45, 7) is 3.66. The van der Waals surface area contributed by atoms with Crippen LogP contribution >= 0.6 is 0 Å². The van der Waals surface area contributed by atoms with Crippen LogP contribution in [0, 0.1) is 5.92 Å². The molecule has 1 amide bonds. The zero-order chi connectivity index (χ0) is 16.3. The highest BCUT2D eigenvalue weighted by Crippen LogP contribution is 2.24. The van der Waals surface area contributed by atoms with Gasteiger partial charge in [0, 0.05) is 18.8 Å². The number of rotatable bonds is 5. The zero-order valence-corrected chi connectivity index (χ0v) is 14.2. The molecule has 126 valence electrons. The first kappa shape index (κ1) is 16.5. The minimum absolute atomic E-state index is 0.00111. The van der Waals surface area contributed by atoms with Crippen LogP contribution in [0.25, 0.3) is 0 Å². The molecule has 5 nitrogen and oxygen atoms in total. The summed E-state index contributed by atoms with van der Waals surface area (Å²) in [7, 11) is -3.04. The van der Waals surface area contributed by atoms with E-state index < -0.39 is 15.8 Å². The van der Waals surface area contributed by atoms with E-state index in [1.165, 1.54) is 12.8 Å². The molecule has 0 aliphatic carbocycles. The lowest BCUT2D eigenvalue weighted by Gasteiger charge is -2.27. The summed E-state index contributed by atoms with van der Waals surface area (Å²) < 4.78 is 23.4. The fourth-order valence-corrected chi connectivity index (χ4v) is 5.16. The summed E-state index contributed by atoms with van der Waals surface area (Å²) in [6, 6.07) is 9.59. The molecule has 6 heteroatoms. The Balaban J connectivity index is 1.73. The summed E-state index contributed by atoms with van der Waals surface area (Å²) in [5.74, 6) is -0.299. The Morgan fingerprint density at radius 1 is 1.17 bits per heavy atom. The molecule has 1 atom stereocenters. The average Bonchev–Trinajstić information content (AvgIpc) is 3.17. The van der Waals surface area contributed by atoms with Crippen molar-refractivity contribution in [3.63, 3.8) is 0 Å². The molecule has 0 radical (unpaired) electrons. The van der Waals surface area contributed by atoms with Crippen molar-refractivity contribution in [3.05, 3.63) is 30.3 Å². The SMILES string of the molecule is O=C(C1CCS(=O)(=O)C1)N(CCN1CCCC1)c1ccccc1. The minimum Gasteiger partial charge on any atom is -0.311 e. The third-order valence-corrected chi connectivity index (χ3v) is 6.52. The van der Waals surface area contributed by atoms with Crippen molar-refractivity contribution in [2.75, 3.05) is 42.6 Å². The van der Waals surface area contributed by atoms with Crippen LogP contribution in [0.15, 0.2) is 30.3 Å². The van der Waals surface area contributed by atoms with Crippen LogP contribution in [0.1, 0.15) is 19.3 Å². The molecule has 0 N–H and O–H groups in total.